The van der Waals surface area contributed by atoms with Gasteiger partial charge in [0.25, 0.3) is 0 Å². The Hall–Kier alpha value is -0.950. The summed E-state index contributed by atoms with van der Waals surface area (Å²) in [6.07, 6.45) is 3.94. The van der Waals surface area contributed by atoms with E-state index in [1.165, 1.54) is 31.9 Å². The number of hydrogen-bond donors (Lipinski definition) is 2. The third kappa shape index (κ3) is 2.67. The second kappa shape index (κ2) is 5.58. The second-order valence-electron chi connectivity index (χ2n) is 5.66. The van der Waals surface area contributed by atoms with Gasteiger partial charge in [-0.05, 0) is 18.9 Å². The number of piperazine rings is 3. The minimum atomic E-state index is 0.359. The number of nitrogens with zero attached hydrogens (tertiary/aromatic N) is 4. The van der Waals surface area contributed by atoms with Gasteiger partial charge in [-0.25, -0.2) is 0 Å². The van der Waals surface area contributed by atoms with Crippen molar-refractivity contribution in [2.24, 2.45) is 12.9 Å². The van der Waals surface area contributed by atoms with Gasteiger partial charge in [0.05, 0.1) is 0 Å². The average Bonchev–Trinajstić information content (AvgIpc) is 2.86. The number of nitrogens with two attached hydrogens (primary N) is 1. The molecule has 2 atom stereocenters. The van der Waals surface area contributed by atoms with Crippen molar-refractivity contribution < 1.29 is 0 Å². The first kappa shape index (κ1) is 13.1. The lowest BCUT2D eigenvalue weighted by Gasteiger charge is -2.50. The number of hydrazine groups is 1. The normalized spacial score (nSPS) is 31.6. The van der Waals surface area contributed by atoms with E-state index in [4.69, 9.17) is 5.84 Å². The fourth-order valence-electron chi connectivity index (χ4n) is 3.38. The molecule has 2 bridgehead atoms. The van der Waals surface area contributed by atoms with Gasteiger partial charge in [0.1, 0.15) is 0 Å². The maximum Gasteiger partial charge on any atom is 0.0492 e. The van der Waals surface area contributed by atoms with Gasteiger partial charge >= 0.3 is 0 Å². The minimum Gasteiger partial charge on any atom is -0.299 e. The zero-order valence-corrected chi connectivity index (χ0v) is 11.6. The summed E-state index contributed by atoms with van der Waals surface area (Å²) in [4.78, 5) is 5.15. The molecule has 4 heterocycles. The van der Waals surface area contributed by atoms with Crippen molar-refractivity contribution in [1.82, 2.24) is 25.0 Å². The highest BCUT2D eigenvalue weighted by Gasteiger charge is 2.36. The molecule has 1 aromatic heterocycles. The number of aromatic nitrogens is 2. The first-order valence-electron chi connectivity index (χ1n) is 7.17. The van der Waals surface area contributed by atoms with E-state index >= 15 is 0 Å². The highest BCUT2D eigenvalue weighted by molar-refractivity contribution is 5.02. The monoisotopic (exact) mass is 264 g/mol. The fraction of sp³-hybridized carbons (Fsp3) is 0.769. The molecule has 3 aliphatic rings. The van der Waals surface area contributed by atoms with Gasteiger partial charge in [-0.1, -0.05) is 0 Å². The lowest BCUT2D eigenvalue weighted by atomic mass is 9.96. The Morgan fingerprint density at radius 2 is 2.21 bits per heavy atom. The number of fused-ring (bicyclic) bond motifs is 3. The molecule has 0 aromatic carbocycles. The van der Waals surface area contributed by atoms with Gasteiger partial charge in [-0.3, -0.25) is 25.8 Å². The van der Waals surface area contributed by atoms with Crippen LogP contribution >= 0.6 is 0 Å². The molecule has 3 aliphatic heterocycles. The Balaban J connectivity index is 1.60. The summed E-state index contributed by atoms with van der Waals surface area (Å²) >= 11 is 0. The summed E-state index contributed by atoms with van der Waals surface area (Å²) in [6.45, 7) is 5.97. The van der Waals surface area contributed by atoms with Gasteiger partial charge in [-0.2, -0.15) is 5.10 Å². The molecule has 6 nitrogen and oxygen atoms in total. The Morgan fingerprint density at radius 1 is 1.42 bits per heavy atom. The Labute approximate surface area is 114 Å². The molecular formula is C13H24N6. The van der Waals surface area contributed by atoms with E-state index in [0.29, 0.717) is 12.1 Å². The molecule has 0 saturated carbocycles. The SMILES string of the molecule is Cn1nccc1CCC(NN)C1CN2CCN1CC2. The predicted molar refractivity (Wildman–Crippen MR) is 74.4 cm³/mol. The zero-order valence-electron chi connectivity index (χ0n) is 11.6. The molecule has 3 fully saturated rings. The molecule has 0 spiro atoms. The summed E-state index contributed by atoms with van der Waals surface area (Å²) in [5, 5.41) is 4.22. The highest BCUT2D eigenvalue weighted by Crippen LogP contribution is 2.20. The number of nitrogens with one attached hydrogen (secondary N) is 1. The molecule has 4 rings (SSSR count). The van der Waals surface area contributed by atoms with Crippen LogP contribution in [0.5, 0.6) is 0 Å². The number of hydrogen-bond acceptors (Lipinski definition) is 5. The van der Waals surface area contributed by atoms with E-state index in [0.717, 1.165) is 19.4 Å². The quantitative estimate of drug-likeness (QED) is 0.538. The van der Waals surface area contributed by atoms with Gasteiger partial charge in [0, 0.05) is 63.7 Å². The van der Waals surface area contributed by atoms with Crippen molar-refractivity contribution >= 4 is 0 Å². The first-order chi connectivity index (χ1) is 9.28. The van der Waals surface area contributed by atoms with Crippen molar-refractivity contribution in [3.8, 4) is 0 Å². The predicted octanol–water partition coefficient (Wildman–Crippen LogP) is -0.816. The summed E-state index contributed by atoms with van der Waals surface area (Å²) in [7, 11) is 2.00. The third-order valence-corrected chi connectivity index (χ3v) is 4.63. The Kier molecular flexibility index (Phi) is 3.83. The Morgan fingerprint density at radius 3 is 2.74 bits per heavy atom. The van der Waals surface area contributed by atoms with Crippen LogP contribution in [0.2, 0.25) is 0 Å². The molecule has 1 aromatic rings. The maximum atomic E-state index is 5.80. The van der Waals surface area contributed by atoms with E-state index in [2.05, 4.69) is 26.4 Å². The Bertz CT molecular complexity index is 409. The zero-order chi connectivity index (χ0) is 13.2. The highest BCUT2D eigenvalue weighted by atomic mass is 15.4. The third-order valence-electron chi connectivity index (χ3n) is 4.63. The number of aryl methyl sites for hydroxylation is 2. The average molecular weight is 264 g/mol. The van der Waals surface area contributed by atoms with E-state index in [9.17, 15) is 0 Å². The summed E-state index contributed by atoms with van der Waals surface area (Å²) < 4.78 is 1.95. The van der Waals surface area contributed by atoms with Crippen LogP contribution in [0.1, 0.15) is 12.1 Å². The van der Waals surface area contributed by atoms with Gasteiger partial charge in [0.2, 0.25) is 0 Å². The minimum absolute atomic E-state index is 0.359. The van der Waals surface area contributed by atoms with Crippen LogP contribution < -0.4 is 11.3 Å². The van der Waals surface area contributed by atoms with Crippen molar-refractivity contribution in [2.45, 2.75) is 24.9 Å². The van der Waals surface area contributed by atoms with Crippen molar-refractivity contribution in [2.75, 3.05) is 32.7 Å². The molecule has 0 aliphatic carbocycles. The van der Waals surface area contributed by atoms with Crippen LogP contribution in [0.3, 0.4) is 0 Å². The first-order valence-corrected chi connectivity index (χ1v) is 7.17. The van der Waals surface area contributed by atoms with Crippen LogP contribution in [0, 0.1) is 0 Å². The van der Waals surface area contributed by atoms with Crippen LogP contribution in [0.25, 0.3) is 0 Å². The van der Waals surface area contributed by atoms with Crippen molar-refractivity contribution in [3.63, 3.8) is 0 Å². The topological polar surface area (TPSA) is 62.4 Å². The molecule has 0 radical (unpaired) electrons. The summed E-state index contributed by atoms with van der Waals surface area (Å²) in [5.74, 6) is 5.80. The fourth-order valence-corrected chi connectivity index (χ4v) is 3.38. The summed E-state index contributed by atoms with van der Waals surface area (Å²) in [5.41, 5.74) is 4.32. The molecule has 2 unspecified atom stereocenters. The molecule has 3 N–H and O–H groups in total. The van der Waals surface area contributed by atoms with Crippen molar-refractivity contribution in [1.29, 1.82) is 0 Å². The molecule has 6 heteroatoms. The molecular weight excluding hydrogens is 240 g/mol. The van der Waals surface area contributed by atoms with E-state index < -0.39 is 0 Å². The molecule has 19 heavy (non-hydrogen) atoms. The van der Waals surface area contributed by atoms with Gasteiger partial charge < -0.3 is 0 Å². The van der Waals surface area contributed by atoms with Crippen LogP contribution in [-0.4, -0.2) is 64.4 Å². The van der Waals surface area contributed by atoms with Gasteiger partial charge in [0.15, 0.2) is 0 Å². The van der Waals surface area contributed by atoms with E-state index in [1.807, 2.05) is 17.9 Å². The second-order valence-corrected chi connectivity index (χ2v) is 5.66. The van der Waals surface area contributed by atoms with Gasteiger partial charge in [-0.15, -0.1) is 0 Å². The van der Waals surface area contributed by atoms with Crippen LogP contribution in [0.4, 0.5) is 0 Å². The van der Waals surface area contributed by atoms with Crippen LogP contribution in [-0.2, 0) is 13.5 Å². The smallest absolute Gasteiger partial charge is 0.0492 e. The van der Waals surface area contributed by atoms with Crippen molar-refractivity contribution in [3.05, 3.63) is 18.0 Å². The van der Waals surface area contributed by atoms with E-state index in [-0.39, 0.29) is 0 Å². The molecule has 0 amide bonds. The van der Waals surface area contributed by atoms with E-state index in [1.54, 1.807) is 0 Å². The largest absolute Gasteiger partial charge is 0.299 e. The standard InChI is InChI=1S/C13H24N6/c1-17-11(4-5-15-17)2-3-12(16-14)13-10-18-6-8-19(13)9-7-18/h4-5,12-13,16H,2-3,6-10,14H2,1H3. The lowest BCUT2D eigenvalue weighted by Crippen LogP contribution is -2.67. The maximum absolute atomic E-state index is 5.80. The molecule has 3 saturated heterocycles. The van der Waals surface area contributed by atoms with Crippen LogP contribution in [0.15, 0.2) is 12.3 Å². The number of rotatable bonds is 5. The lowest BCUT2D eigenvalue weighted by molar-refractivity contribution is -0.00448. The summed E-state index contributed by atoms with van der Waals surface area (Å²) in [6, 6.07) is 3.00. The molecule has 106 valence electrons.